The fourth-order valence-electron chi connectivity index (χ4n) is 3.02. The summed E-state index contributed by atoms with van der Waals surface area (Å²) >= 11 is 6.09. The Kier molecular flexibility index (Phi) is 3.94. The first-order chi connectivity index (χ1) is 9.66. The van der Waals surface area contributed by atoms with Gasteiger partial charge in [-0.1, -0.05) is 17.7 Å². The fourth-order valence-corrected chi connectivity index (χ4v) is 3.26. The first-order valence-corrected chi connectivity index (χ1v) is 7.67. The van der Waals surface area contributed by atoms with Gasteiger partial charge in [-0.15, -0.1) is 0 Å². The van der Waals surface area contributed by atoms with Crippen molar-refractivity contribution in [1.82, 2.24) is 5.32 Å². The summed E-state index contributed by atoms with van der Waals surface area (Å²) in [4.78, 5) is 10.7. The highest BCUT2D eigenvalue weighted by Crippen LogP contribution is 2.48. The van der Waals surface area contributed by atoms with Crippen LogP contribution in [0.4, 0.5) is 5.69 Å². The van der Waals surface area contributed by atoms with E-state index in [9.17, 15) is 10.1 Å². The van der Waals surface area contributed by atoms with E-state index in [0.717, 1.165) is 24.3 Å². The van der Waals surface area contributed by atoms with Gasteiger partial charge in [-0.2, -0.15) is 0 Å². The second kappa shape index (κ2) is 5.70. The van der Waals surface area contributed by atoms with Gasteiger partial charge in [0, 0.05) is 12.6 Å². The smallest absolute Gasteiger partial charge is 0.275 e. The van der Waals surface area contributed by atoms with Crippen LogP contribution in [0, 0.1) is 27.9 Å². The van der Waals surface area contributed by atoms with Crippen LogP contribution >= 0.6 is 11.6 Å². The monoisotopic (exact) mass is 294 g/mol. The first kappa shape index (κ1) is 13.8. The van der Waals surface area contributed by atoms with Crippen molar-refractivity contribution in [3.8, 4) is 0 Å². The number of nitro groups is 1. The van der Waals surface area contributed by atoms with Crippen LogP contribution in [0.1, 0.15) is 31.2 Å². The Morgan fingerprint density at radius 2 is 1.95 bits per heavy atom. The summed E-state index contributed by atoms with van der Waals surface area (Å²) in [5.74, 6) is 2.53. The van der Waals surface area contributed by atoms with Crippen LogP contribution in [0.2, 0.25) is 5.02 Å². The highest BCUT2D eigenvalue weighted by Gasteiger charge is 2.40. The third-order valence-corrected chi connectivity index (χ3v) is 4.78. The summed E-state index contributed by atoms with van der Waals surface area (Å²) < 4.78 is 0. The fraction of sp³-hybridized carbons (Fsp3) is 0.600. The van der Waals surface area contributed by atoms with E-state index in [1.807, 2.05) is 0 Å². The average Bonchev–Trinajstić information content (AvgIpc) is 3.27. The average molecular weight is 295 g/mol. The molecule has 0 unspecified atom stereocenters. The molecule has 0 heterocycles. The predicted molar refractivity (Wildman–Crippen MR) is 78.8 cm³/mol. The van der Waals surface area contributed by atoms with Gasteiger partial charge in [0.1, 0.15) is 0 Å². The summed E-state index contributed by atoms with van der Waals surface area (Å²) in [5, 5.41) is 14.9. The van der Waals surface area contributed by atoms with Crippen molar-refractivity contribution >= 4 is 17.3 Å². The Labute approximate surface area is 123 Å². The number of halogens is 1. The highest BCUT2D eigenvalue weighted by atomic mass is 35.5. The molecule has 0 radical (unpaired) electrons. The van der Waals surface area contributed by atoms with Gasteiger partial charge < -0.3 is 5.32 Å². The van der Waals surface area contributed by atoms with Crippen LogP contribution in [0.5, 0.6) is 0 Å². The topological polar surface area (TPSA) is 55.2 Å². The van der Waals surface area contributed by atoms with Crippen molar-refractivity contribution in [2.24, 2.45) is 17.8 Å². The van der Waals surface area contributed by atoms with Gasteiger partial charge in [-0.05, 0) is 56.0 Å². The number of hydrogen-bond donors (Lipinski definition) is 1. The van der Waals surface area contributed by atoms with Crippen molar-refractivity contribution in [3.63, 3.8) is 0 Å². The van der Waals surface area contributed by atoms with E-state index < -0.39 is 0 Å². The molecule has 1 N–H and O–H groups in total. The van der Waals surface area contributed by atoms with Gasteiger partial charge in [0.15, 0.2) is 0 Å². The maximum atomic E-state index is 11.0. The van der Waals surface area contributed by atoms with E-state index in [0.29, 0.717) is 17.1 Å². The largest absolute Gasteiger partial charge is 0.312 e. The van der Waals surface area contributed by atoms with E-state index >= 15 is 0 Å². The number of nitro benzene ring substituents is 1. The van der Waals surface area contributed by atoms with Crippen molar-refractivity contribution in [2.75, 3.05) is 6.54 Å². The molecule has 2 saturated carbocycles. The molecule has 2 aliphatic rings. The molecule has 20 heavy (non-hydrogen) atoms. The zero-order chi connectivity index (χ0) is 14.1. The standard InChI is InChI=1S/C15H19ClN2O2/c16-14-2-1-3-15(18(19)20)13(14)9-17-8-12(10-4-5-10)11-6-7-11/h1-3,10-12,17H,4-9H2. The molecule has 0 spiro atoms. The van der Waals surface area contributed by atoms with Crippen LogP contribution in [-0.2, 0) is 6.54 Å². The SMILES string of the molecule is O=[N+]([O-])c1cccc(Cl)c1CNCC(C1CC1)C1CC1. The summed E-state index contributed by atoms with van der Waals surface area (Å²) in [7, 11) is 0. The molecule has 5 heteroatoms. The number of nitrogens with zero attached hydrogens (tertiary/aromatic N) is 1. The molecule has 0 amide bonds. The maximum absolute atomic E-state index is 11.0. The van der Waals surface area contributed by atoms with Gasteiger partial charge >= 0.3 is 0 Å². The third-order valence-electron chi connectivity index (χ3n) is 4.43. The number of benzene rings is 1. The van der Waals surface area contributed by atoms with E-state index in [1.165, 1.54) is 31.7 Å². The molecule has 0 aliphatic heterocycles. The second-order valence-electron chi connectivity index (χ2n) is 5.96. The number of nitrogens with one attached hydrogen (secondary N) is 1. The summed E-state index contributed by atoms with van der Waals surface area (Å²) in [6.07, 6.45) is 5.42. The lowest BCUT2D eigenvalue weighted by atomic mass is 9.98. The molecule has 4 nitrogen and oxygen atoms in total. The molecule has 0 aromatic heterocycles. The predicted octanol–water partition coefficient (Wildman–Crippen LogP) is 3.77. The van der Waals surface area contributed by atoms with Crippen LogP contribution in [0.25, 0.3) is 0 Å². The lowest BCUT2D eigenvalue weighted by Crippen LogP contribution is -2.25. The second-order valence-corrected chi connectivity index (χ2v) is 6.37. The number of hydrogen-bond acceptors (Lipinski definition) is 3. The Hall–Kier alpha value is -1.13. The maximum Gasteiger partial charge on any atom is 0.275 e. The third kappa shape index (κ3) is 3.13. The van der Waals surface area contributed by atoms with Crippen LogP contribution < -0.4 is 5.32 Å². The van der Waals surface area contributed by atoms with Crippen LogP contribution in [0.3, 0.4) is 0 Å². The van der Waals surface area contributed by atoms with Gasteiger partial charge in [-0.3, -0.25) is 10.1 Å². The summed E-state index contributed by atoms with van der Waals surface area (Å²) in [5.41, 5.74) is 0.712. The van der Waals surface area contributed by atoms with E-state index in [4.69, 9.17) is 11.6 Å². The van der Waals surface area contributed by atoms with Crippen LogP contribution in [0.15, 0.2) is 18.2 Å². The van der Waals surface area contributed by atoms with E-state index in [2.05, 4.69) is 5.32 Å². The van der Waals surface area contributed by atoms with Gasteiger partial charge in [0.2, 0.25) is 0 Å². The normalized spacial score (nSPS) is 18.5. The van der Waals surface area contributed by atoms with Crippen molar-refractivity contribution in [1.29, 1.82) is 0 Å². The zero-order valence-corrected chi connectivity index (χ0v) is 12.1. The molecular weight excluding hydrogens is 276 g/mol. The Morgan fingerprint density at radius 3 is 2.50 bits per heavy atom. The molecule has 2 fully saturated rings. The highest BCUT2D eigenvalue weighted by molar-refractivity contribution is 6.31. The first-order valence-electron chi connectivity index (χ1n) is 7.29. The van der Waals surface area contributed by atoms with Crippen molar-refractivity contribution < 1.29 is 4.92 Å². The molecule has 108 valence electrons. The molecule has 1 aromatic rings. The lowest BCUT2D eigenvalue weighted by molar-refractivity contribution is -0.385. The van der Waals surface area contributed by atoms with Crippen molar-refractivity contribution in [2.45, 2.75) is 32.2 Å². The molecule has 1 aromatic carbocycles. The van der Waals surface area contributed by atoms with E-state index in [1.54, 1.807) is 12.1 Å². The number of rotatable bonds is 7. The summed E-state index contributed by atoms with van der Waals surface area (Å²) in [6.45, 7) is 1.43. The summed E-state index contributed by atoms with van der Waals surface area (Å²) in [6, 6.07) is 4.86. The van der Waals surface area contributed by atoms with Gasteiger partial charge in [0.05, 0.1) is 15.5 Å². The minimum atomic E-state index is -0.359. The molecule has 0 bridgehead atoms. The molecule has 3 rings (SSSR count). The minimum Gasteiger partial charge on any atom is -0.312 e. The molecular formula is C15H19ClN2O2. The van der Waals surface area contributed by atoms with E-state index in [-0.39, 0.29) is 10.6 Å². The quantitative estimate of drug-likeness (QED) is 0.615. The van der Waals surface area contributed by atoms with Gasteiger partial charge in [0.25, 0.3) is 5.69 Å². The van der Waals surface area contributed by atoms with Gasteiger partial charge in [-0.25, -0.2) is 0 Å². The van der Waals surface area contributed by atoms with Crippen molar-refractivity contribution in [3.05, 3.63) is 38.9 Å². The Balaban J connectivity index is 1.61. The molecule has 0 saturated heterocycles. The minimum absolute atomic E-state index is 0.111. The Morgan fingerprint density at radius 1 is 1.30 bits per heavy atom. The molecule has 2 aliphatic carbocycles. The zero-order valence-electron chi connectivity index (χ0n) is 11.3. The lowest BCUT2D eigenvalue weighted by Gasteiger charge is -2.16. The Bertz CT molecular complexity index is 501. The molecule has 0 atom stereocenters. The van der Waals surface area contributed by atoms with Crippen LogP contribution in [-0.4, -0.2) is 11.5 Å².